The summed E-state index contributed by atoms with van der Waals surface area (Å²) in [6.07, 6.45) is 1.16. The van der Waals surface area contributed by atoms with Crippen LogP contribution in [0.4, 0.5) is 0 Å². The molecule has 1 atom stereocenters. The minimum absolute atomic E-state index is 0.0708. The Kier molecular flexibility index (Phi) is 2.90. The van der Waals surface area contributed by atoms with E-state index >= 15 is 0 Å². The fraction of sp³-hybridized carbons (Fsp3) is 0.778. The number of amides is 2. The van der Waals surface area contributed by atoms with Gasteiger partial charge < -0.3 is 9.80 Å². The van der Waals surface area contributed by atoms with Gasteiger partial charge in [-0.25, -0.2) is 0 Å². The van der Waals surface area contributed by atoms with Gasteiger partial charge in [0, 0.05) is 40.0 Å². The van der Waals surface area contributed by atoms with Gasteiger partial charge in [0.15, 0.2) is 0 Å². The Morgan fingerprint density at radius 2 is 2.15 bits per heavy atom. The number of carbonyl (C=O) groups is 2. The van der Waals surface area contributed by atoms with Gasteiger partial charge in [-0.3, -0.25) is 9.59 Å². The lowest BCUT2D eigenvalue weighted by Gasteiger charge is -2.29. The van der Waals surface area contributed by atoms with E-state index < -0.39 is 0 Å². The molecule has 0 aromatic rings. The van der Waals surface area contributed by atoms with Crippen molar-refractivity contribution in [3.63, 3.8) is 0 Å². The Labute approximate surface area is 78.5 Å². The molecule has 0 bridgehead atoms. The van der Waals surface area contributed by atoms with Crippen molar-refractivity contribution in [1.82, 2.24) is 9.80 Å². The normalized spacial score (nSPS) is 23.2. The lowest BCUT2D eigenvalue weighted by molar-refractivity contribution is -0.142. The number of hydrogen-bond donors (Lipinski definition) is 0. The van der Waals surface area contributed by atoms with Gasteiger partial charge in [0.1, 0.15) is 0 Å². The molecule has 1 fully saturated rings. The molecule has 0 aromatic carbocycles. The molecule has 4 heteroatoms. The Balaban J connectivity index is 2.55. The topological polar surface area (TPSA) is 40.6 Å². The molecule has 0 radical (unpaired) electrons. The molecule has 0 spiro atoms. The molecular formula is C9H16N2O2. The predicted molar refractivity (Wildman–Crippen MR) is 49.1 cm³/mol. The summed E-state index contributed by atoms with van der Waals surface area (Å²) in [5, 5.41) is 0. The predicted octanol–water partition coefficient (Wildman–Crippen LogP) is -0.0570. The van der Waals surface area contributed by atoms with Crippen LogP contribution in [0.15, 0.2) is 0 Å². The maximum atomic E-state index is 11.5. The highest BCUT2D eigenvalue weighted by Crippen LogP contribution is 2.18. The highest BCUT2D eigenvalue weighted by Gasteiger charge is 2.29. The first kappa shape index (κ1) is 10.0. The molecule has 13 heavy (non-hydrogen) atoms. The van der Waals surface area contributed by atoms with Crippen LogP contribution in [0.5, 0.6) is 0 Å². The minimum Gasteiger partial charge on any atom is -0.349 e. The van der Waals surface area contributed by atoms with Gasteiger partial charge in [-0.15, -0.1) is 0 Å². The molecule has 1 saturated heterocycles. The van der Waals surface area contributed by atoms with Crippen molar-refractivity contribution in [2.75, 3.05) is 27.7 Å². The number of nitrogens with zero attached hydrogens (tertiary/aromatic N) is 2. The largest absolute Gasteiger partial charge is 0.349 e. The van der Waals surface area contributed by atoms with E-state index in [1.807, 2.05) is 0 Å². The monoisotopic (exact) mass is 184 g/mol. The molecule has 74 valence electrons. The van der Waals surface area contributed by atoms with E-state index in [4.69, 9.17) is 0 Å². The van der Waals surface area contributed by atoms with E-state index in [-0.39, 0.29) is 17.7 Å². The quantitative estimate of drug-likeness (QED) is 0.573. The average molecular weight is 184 g/mol. The zero-order valence-corrected chi connectivity index (χ0v) is 8.41. The third-order valence-electron chi connectivity index (χ3n) is 2.45. The summed E-state index contributed by atoms with van der Waals surface area (Å²) in [6.45, 7) is 0.698. The van der Waals surface area contributed by atoms with Crippen LogP contribution in [0.2, 0.25) is 0 Å². The SMILES string of the molecule is CN(C)C(=O)C1CCN(C)C(=O)C1. The average Bonchev–Trinajstić information content (AvgIpc) is 2.08. The molecule has 2 amide bonds. The van der Waals surface area contributed by atoms with Crippen LogP contribution >= 0.6 is 0 Å². The maximum absolute atomic E-state index is 11.5. The van der Waals surface area contributed by atoms with Gasteiger partial charge >= 0.3 is 0 Å². The number of hydrogen-bond acceptors (Lipinski definition) is 2. The zero-order chi connectivity index (χ0) is 10.0. The second-order valence-corrected chi connectivity index (χ2v) is 3.74. The van der Waals surface area contributed by atoms with Gasteiger partial charge in [-0.2, -0.15) is 0 Å². The summed E-state index contributed by atoms with van der Waals surface area (Å²) in [5.74, 6) is 0.0478. The molecule has 0 aromatic heterocycles. The Morgan fingerprint density at radius 3 is 2.62 bits per heavy atom. The third-order valence-corrected chi connectivity index (χ3v) is 2.45. The van der Waals surface area contributed by atoms with Gasteiger partial charge in [-0.05, 0) is 6.42 Å². The lowest BCUT2D eigenvalue weighted by Crippen LogP contribution is -2.41. The van der Waals surface area contributed by atoms with Gasteiger partial charge in [0.25, 0.3) is 0 Å². The maximum Gasteiger partial charge on any atom is 0.225 e. The van der Waals surface area contributed by atoms with Gasteiger partial charge in [0.05, 0.1) is 0 Å². The second kappa shape index (κ2) is 3.77. The highest BCUT2D eigenvalue weighted by molar-refractivity contribution is 5.86. The van der Waals surface area contributed by atoms with Crippen LogP contribution in [0.1, 0.15) is 12.8 Å². The number of rotatable bonds is 1. The fourth-order valence-corrected chi connectivity index (χ4v) is 1.52. The molecule has 1 heterocycles. The van der Waals surface area contributed by atoms with Crippen molar-refractivity contribution in [2.24, 2.45) is 5.92 Å². The number of piperidine rings is 1. The fourth-order valence-electron chi connectivity index (χ4n) is 1.52. The second-order valence-electron chi connectivity index (χ2n) is 3.74. The Bertz CT molecular complexity index is 226. The minimum atomic E-state index is -0.0984. The van der Waals surface area contributed by atoms with E-state index in [0.717, 1.165) is 6.42 Å². The van der Waals surface area contributed by atoms with Crippen LogP contribution in [-0.4, -0.2) is 49.3 Å². The summed E-state index contributed by atoms with van der Waals surface area (Å²) in [6, 6.07) is 0. The van der Waals surface area contributed by atoms with Crippen LogP contribution in [-0.2, 0) is 9.59 Å². The van der Waals surface area contributed by atoms with Crippen molar-refractivity contribution < 1.29 is 9.59 Å². The van der Waals surface area contributed by atoms with Crippen LogP contribution in [0, 0.1) is 5.92 Å². The standard InChI is InChI=1S/C9H16N2O2/c1-10(2)9(13)7-4-5-11(3)8(12)6-7/h7H,4-6H2,1-3H3. The summed E-state index contributed by atoms with van der Waals surface area (Å²) in [5.41, 5.74) is 0. The van der Waals surface area contributed by atoms with E-state index in [9.17, 15) is 9.59 Å². The molecule has 4 nitrogen and oxygen atoms in total. The molecule has 0 aliphatic carbocycles. The zero-order valence-electron chi connectivity index (χ0n) is 8.41. The van der Waals surface area contributed by atoms with Crippen LogP contribution in [0.3, 0.4) is 0 Å². The molecule has 1 aliphatic rings. The van der Waals surface area contributed by atoms with Crippen LogP contribution < -0.4 is 0 Å². The van der Waals surface area contributed by atoms with Gasteiger partial charge in [0.2, 0.25) is 11.8 Å². The Morgan fingerprint density at radius 1 is 1.54 bits per heavy atom. The molecule has 0 saturated carbocycles. The first-order valence-corrected chi connectivity index (χ1v) is 4.47. The van der Waals surface area contributed by atoms with Gasteiger partial charge in [-0.1, -0.05) is 0 Å². The van der Waals surface area contributed by atoms with E-state index in [0.29, 0.717) is 13.0 Å². The first-order chi connectivity index (χ1) is 6.02. The first-order valence-electron chi connectivity index (χ1n) is 4.47. The van der Waals surface area contributed by atoms with Crippen molar-refractivity contribution in [2.45, 2.75) is 12.8 Å². The number of likely N-dealkylation sites (tertiary alicyclic amines) is 1. The third kappa shape index (κ3) is 2.20. The van der Waals surface area contributed by atoms with Crippen LogP contribution in [0.25, 0.3) is 0 Å². The molecular weight excluding hydrogens is 168 g/mol. The van der Waals surface area contributed by atoms with E-state index in [2.05, 4.69) is 0 Å². The highest BCUT2D eigenvalue weighted by atomic mass is 16.2. The van der Waals surface area contributed by atoms with Crippen molar-refractivity contribution in [3.05, 3.63) is 0 Å². The molecule has 1 unspecified atom stereocenters. The van der Waals surface area contributed by atoms with Crippen molar-refractivity contribution >= 4 is 11.8 Å². The smallest absolute Gasteiger partial charge is 0.225 e. The number of carbonyl (C=O) groups excluding carboxylic acids is 2. The molecule has 1 aliphatic heterocycles. The van der Waals surface area contributed by atoms with Crippen molar-refractivity contribution in [3.8, 4) is 0 Å². The van der Waals surface area contributed by atoms with E-state index in [1.165, 1.54) is 0 Å². The van der Waals surface area contributed by atoms with Crippen molar-refractivity contribution in [1.29, 1.82) is 0 Å². The summed E-state index contributed by atoms with van der Waals surface area (Å²) in [4.78, 5) is 26.0. The Hall–Kier alpha value is -1.06. The van der Waals surface area contributed by atoms with E-state index in [1.54, 1.807) is 30.9 Å². The summed E-state index contributed by atoms with van der Waals surface area (Å²) in [7, 11) is 5.23. The molecule has 1 rings (SSSR count). The lowest BCUT2D eigenvalue weighted by atomic mass is 9.95. The summed E-state index contributed by atoms with van der Waals surface area (Å²) < 4.78 is 0. The molecule has 0 N–H and O–H groups in total. The summed E-state index contributed by atoms with van der Waals surface area (Å²) >= 11 is 0.